The molecule has 0 aliphatic carbocycles. The lowest BCUT2D eigenvalue weighted by Crippen LogP contribution is -2.24. The van der Waals surface area contributed by atoms with E-state index >= 15 is 0 Å². The lowest BCUT2D eigenvalue weighted by molar-refractivity contribution is 0.784. The fourth-order valence-electron chi connectivity index (χ4n) is 2.94. The molecule has 22 heavy (non-hydrogen) atoms. The second kappa shape index (κ2) is 5.45. The van der Waals surface area contributed by atoms with Gasteiger partial charge in [0, 0.05) is 10.9 Å². The molecule has 3 rings (SSSR count). The Kier molecular flexibility index (Phi) is 3.61. The number of benzene rings is 2. The fourth-order valence-corrected chi connectivity index (χ4v) is 2.94. The highest BCUT2D eigenvalue weighted by molar-refractivity contribution is 5.83. The highest BCUT2D eigenvalue weighted by Crippen LogP contribution is 2.20. The van der Waals surface area contributed by atoms with Crippen LogP contribution in [0.25, 0.3) is 10.9 Å². The quantitative estimate of drug-likeness (QED) is 0.690. The number of nitrogens with zero attached hydrogens (tertiary/aromatic N) is 1. The van der Waals surface area contributed by atoms with Gasteiger partial charge in [-0.15, -0.1) is 0 Å². The van der Waals surface area contributed by atoms with E-state index in [1.165, 1.54) is 16.7 Å². The summed E-state index contributed by atoms with van der Waals surface area (Å²) in [5.41, 5.74) is 6.74. The highest BCUT2D eigenvalue weighted by atomic mass is 16.1. The van der Waals surface area contributed by atoms with E-state index in [1.54, 1.807) is 0 Å². The summed E-state index contributed by atoms with van der Waals surface area (Å²) < 4.78 is 1.89. The Hall–Kier alpha value is -2.35. The molecule has 2 aromatic carbocycles. The number of hydrogen-bond acceptors (Lipinski definition) is 1. The van der Waals surface area contributed by atoms with E-state index in [0.717, 1.165) is 22.0 Å². The van der Waals surface area contributed by atoms with Gasteiger partial charge in [-0.05, 0) is 56.0 Å². The van der Waals surface area contributed by atoms with Crippen molar-refractivity contribution in [2.24, 2.45) is 0 Å². The van der Waals surface area contributed by atoms with Crippen LogP contribution in [0.5, 0.6) is 0 Å². The first-order valence-electron chi connectivity index (χ1n) is 7.64. The van der Waals surface area contributed by atoms with Gasteiger partial charge in [0.05, 0.1) is 12.1 Å². The molecule has 0 saturated carbocycles. The molecule has 1 aromatic heterocycles. The van der Waals surface area contributed by atoms with Crippen LogP contribution in [0.15, 0.2) is 47.3 Å². The summed E-state index contributed by atoms with van der Waals surface area (Å²) in [7, 11) is 0. The van der Waals surface area contributed by atoms with E-state index in [1.807, 2.05) is 36.6 Å². The number of aryl methyl sites for hydroxylation is 3. The van der Waals surface area contributed by atoms with Gasteiger partial charge in [-0.25, -0.2) is 0 Å². The lowest BCUT2D eigenvalue weighted by Gasteiger charge is -2.15. The van der Waals surface area contributed by atoms with Crippen molar-refractivity contribution in [1.82, 2.24) is 4.57 Å². The Balaban J connectivity index is 2.22. The van der Waals surface area contributed by atoms with E-state index < -0.39 is 0 Å². The molecule has 112 valence electrons. The van der Waals surface area contributed by atoms with Gasteiger partial charge in [-0.1, -0.05) is 36.4 Å². The normalized spacial score (nSPS) is 11.1. The monoisotopic (exact) mass is 291 g/mol. The maximum Gasteiger partial charge on any atom is 0.254 e. The molecule has 0 radical (unpaired) electrons. The van der Waals surface area contributed by atoms with Crippen LogP contribution in [-0.2, 0) is 6.54 Å². The largest absolute Gasteiger partial charge is 0.304 e. The standard InChI is InChI=1S/C20H21NO/c1-13-9-10-17(11-14(13)2)12-21-19-8-6-5-7-18(19)15(3)16(4)20(21)22/h5-11H,12H2,1-4H3. The predicted molar refractivity (Wildman–Crippen MR) is 92.7 cm³/mol. The van der Waals surface area contributed by atoms with Crippen LogP contribution in [-0.4, -0.2) is 4.57 Å². The average Bonchev–Trinajstić information content (AvgIpc) is 2.53. The third-order valence-corrected chi connectivity index (χ3v) is 4.64. The van der Waals surface area contributed by atoms with Crippen molar-refractivity contribution in [3.63, 3.8) is 0 Å². The Morgan fingerprint density at radius 3 is 2.32 bits per heavy atom. The topological polar surface area (TPSA) is 22.0 Å². The smallest absolute Gasteiger partial charge is 0.254 e. The minimum absolute atomic E-state index is 0.106. The molecule has 0 unspecified atom stereocenters. The van der Waals surface area contributed by atoms with Gasteiger partial charge in [0.2, 0.25) is 0 Å². The van der Waals surface area contributed by atoms with Crippen molar-refractivity contribution in [2.75, 3.05) is 0 Å². The second-order valence-electron chi connectivity index (χ2n) is 6.08. The molecule has 0 N–H and O–H groups in total. The van der Waals surface area contributed by atoms with E-state index in [0.29, 0.717) is 6.54 Å². The van der Waals surface area contributed by atoms with Crippen LogP contribution in [0.2, 0.25) is 0 Å². The third-order valence-electron chi connectivity index (χ3n) is 4.64. The summed E-state index contributed by atoms with van der Waals surface area (Å²) in [4.78, 5) is 12.7. The molecule has 0 amide bonds. The van der Waals surface area contributed by atoms with Crippen molar-refractivity contribution < 1.29 is 0 Å². The molecule has 2 nitrogen and oxygen atoms in total. The maximum atomic E-state index is 12.7. The lowest BCUT2D eigenvalue weighted by atomic mass is 10.0. The zero-order chi connectivity index (χ0) is 15.9. The van der Waals surface area contributed by atoms with Crippen LogP contribution in [0, 0.1) is 27.7 Å². The van der Waals surface area contributed by atoms with E-state index in [-0.39, 0.29) is 5.56 Å². The summed E-state index contributed by atoms with van der Waals surface area (Å²) in [5, 5.41) is 1.16. The minimum Gasteiger partial charge on any atom is -0.304 e. The van der Waals surface area contributed by atoms with Gasteiger partial charge in [0.15, 0.2) is 0 Å². The van der Waals surface area contributed by atoms with Gasteiger partial charge >= 0.3 is 0 Å². The number of hydrogen-bond donors (Lipinski definition) is 0. The maximum absolute atomic E-state index is 12.7. The van der Waals surface area contributed by atoms with Gasteiger partial charge in [-0.2, -0.15) is 0 Å². The molecule has 0 fully saturated rings. The minimum atomic E-state index is 0.106. The van der Waals surface area contributed by atoms with Crippen molar-refractivity contribution in [3.8, 4) is 0 Å². The summed E-state index contributed by atoms with van der Waals surface area (Å²) in [6.07, 6.45) is 0. The first-order chi connectivity index (χ1) is 10.5. The van der Waals surface area contributed by atoms with Crippen LogP contribution in [0.3, 0.4) is 0 Å². The van der Waals surface area contributed by atoms with Crippen LogP contribution >= 0.6 is 0 Å². The molecular formula is C20H21NO. The van der Waals surface area contributed by atoms with Crippen LogP contribution in [0.1, 0.15) is 27.8 Å². The fraction of sp³-hybridized carbons (Fsp3) is 0.250. The first kappa shape index (κ1) is 14.6. The predicted octanol–water partition coefficient (Wildman–Crippen LogP) is 4.28. The molecule has 0 aliphatic rings. The Bertz CT molecular complexity index is 919. The number of para-hydroxylation sites is 1. The molecule has 0 aliphatic heterocycles. The van der Waals surface area contributed by atoms with E-state index in [4.69, 9.17) is 0 Å². The van der Waals surface area contributed by atoms with Crippen molar-refractivity contribution in [2.45, 2.75) is 34.2 Å². The summed E-state index contributed by atoms with van der Waals surface area (Å²) in [6, 6.07) is 14.6. The average molecular weight is 291 g/mol. The molecular weight excluding hydrogens is 270 g/mol. The van der Waals surface area contributed by atoms with Gasteiger partial charge in [-0.3, -0.25) is 4.79 Å². The first-order valence-corrected chi connectivity index (χ1v) is 7.64. The van der Waals surface area contributed by atoms with E-state index in [2.05, 4.69) is 38.1 Å². The molecule has 0 spiro atoms. The molecule has 0 bridgehead atoms. The van der Waals surface area contributed by atoms with Crippen LogP contribution < -0.4 is 5.56 Å². The van der Waals surface area contributed by atoms with Gasteiger partial charge in [0.25, 0.3) is 5.56 Å². The van der Waals surface area contributed by atoms with Gasteiger partial charge in [0.1, 0.15) is 0 Å². The third kappa shape index (κ3) is 2.35. The van der Waals surface area contributed by atoms with Crippen molar-refractivity contribution in [3.05, 3.63) is 80.6 Å². The van der Waals surface area contributed by atoms with Crippen molar-refractivity contribution in [1.29, 1.82) is 0 Å². The van der Waals surface area contributed by atoms with Crippen LogP contribution in [0.4, 0.5) is 0 Å². The summed E-state index contributed by atoms with van der Waals surface area (Å²) in [6.45, 7) is 8.78. The van der Waals surface area contributed by atoms with Crippen molar-refractivity contribution >= 4 is 10.9 Å². The molecule has 0 atom stereocenters. The SMILES string of the molecule is Cc1ccc(Cn2c(=O)c(C)c(C)c3ccccc32)cc1C. The Morgan fingerprint density at radius 2 is 1.59 bits per heavy atom. The molecule has 1 heterocycles. The molecule has 2 heteroatoms. The van der Waals surface area contributed by atoms with Gasteiger partial charge < -0.3 is 4.57 Å². The van der Waals surface area contributed by atoms with E-state index in [9.17, 15) is 4.79 Å². The number of fused-ring (bicyclic) bond motifs is 1. The summed E-state index contributed by atoms with van der Waals surface area (Å²) >= 11 is 0. The Labute approximate surface area is 131 Å². The number of rotatable bonds is 2. The zero-order valence-corrected chi connectivity index (χ0v) is 13.6. The highest BCUT2D eigenvalue weighted by Gasteiger charge is 2.11. The summed E-state index contributed by atoms with van der Waals surface area (Å²) in [5.74, 6) is 0. The second-order valence-corrected chi connectivity index (χ2v) is 6.08. The number of pyridine rings is 1. The zero-order valence-electron chi connectivity index (χ0n) is 13.6. The molecule has 3 aromatic rings. The number of aromatic nitrogens is 1. The Morgan fingerprint density at radius 1 is 0.864 bits per heavy atom. The molecule has 0 saturated heterocycles.